The van der Waals surface area contributed by atoms with E-state index >= 15 is 0 Å². The lowest BCUT2D eigenvalue weighted by Gasteiger charge is -2.16. The predicted octanol–water partition coefficient (Wildman–Crippen LogP) is 3.95. The Kier molecular flexibility index (Phi) is 3.56. The van der Waals surface area contributed by atoms with Crippen molar-refractivity contribution in [2.75, 3.05) is 5.73 Å². The zero-order valence-electron chi connectivity index (χ0n) is 10.6. The highest BCUT2D eigenvalue weighted by atomic mass is 79.9. The number of nitrogen functional groups attached to an aromatic ring is 1. The Morgan fingerprint density at radius 3 is 2.60 bits per heavy atom. The molecule has 0 aromatic heterocycles. The molecule has 2 aromatic rings. The highest BCUT2D eigenvalue weighted by molar-refractivity contribution is 9.11. The fourth-order valence-electron chi connectivity index (χ4n) is 2.39. The van der Waals surface area contributed by atoms with Crippen LogP contribution in [0.25, 0.3) is 0 Å². The molecule has 0 atom stereocenters. The van der Waals surface area contributed by atoms with Crippen LogP contribution < -0.4 is 5.73 Å². The maximum absolute atomic E-state index is 12.6. The second kappa shape index (κ2) is 5.22. The number of hydrogen-bond acceptors (Lipinski definition) is 2. The van der Waals surface area contributed by atoms with Crippen LogP contribution >= 0.6 is 31.9 Å². The summed E-state index contributed by atoms with van der Waals surface area (Å²) >= 11 is 6.84. The van der Waals surface area contributed by atoms with E-state index in [2.05, 4.69) is 31.9 Å². The Balaban J connectivity index is 1.89. The van der Waals surface area contributed by atoms with Gasteiger partial charge in [0, 0.05) is 27.7 Å². The molecule has 1 aliphatic rings. The smallest absolute Gasteiger partial charge is 0.255 e. The van der Waals surface area contributed by atoms with E-state index in [0.717, 1.165) is 20.2 Å². The summed E-state index contributed by atoms with van der Waals surface area (Å²) in [6.45, 7) is 1.24. The van der Waals surface area contributed by atoms with E-state index in [9.17, 15) is 4.79 Å². The van der Waals surface area contributed by atoms with Gasteiger partial charge in [-0.25, -0.2) is 0 Å². The zero-order chi connectivity index (χ0) is 14.3. The standard InChI is InChI=1S/C15H12Br2N2O/c16-11-2-4-14(17)13(6-11)15(20)19-7-9-1-3-12(18)5-10(9)8-19/h1-6H,7-8,18H2. The number of benzene rings is 2. The van der Waals surface area contributed by atoms with Crippen LogP contribution in [-0.2, 0) is 13.1 Å². The molecule has 2 N–H and O–H groups in total. The first-order chi connectivity index (χ1) is 9.54. The number of halogens is 2. The van der Waals surface area contributed by atoms with Gasteiger partial charge in [-0.3, -0.25) is 4.79 Å². The molecule has 3 rings (SSSR count). The number of rotatable bonds is 1. The van der Waals surface area contributed by atoms with Crippen molar-refractivity contribution in [2.24, 2.45) is 0 Å². The number of anilines is 1. The lowest BCUT2D eigenvalue weighted by molar-refractivity contribution is 0.0750. The Hall–Kier alpha value is -1.33. The quantitative estimate of drug-likeness (QED) is 0.743. The van der Waals surface area contributed by atoms with E-state index in [0.29, 0.717) is 18.7 Å². The third kappa shape index (κ3) is 2.47. The van der Waals surface area contributed by atoms with Crippen molar-refractivity contribution >= 4 is 43.5 Å². The lowest BCUT2D eigenvalue weighted by Crippen LogP contribution is -2.25. The van der Waals surface area contributed by atoms with Crippen molar-refractivity contribution in [3.05, 3.63) is 62.0 Å². The summed E-state index contributed by atoms with van der Waals surface area (Å²) < 4.78 is 1.70. The minimum atomic E-state index is 0.0212. The fourth-order valence-corrected chi connectivity index (χ4v) is 3.17. The minimum Gasteiger partial charge on any atom is -0.399 e. The Morgan fingerprint density at radius 1 is 1.05 bits per heavy atom. The second-order valence-corrected chi connectivity index (χ2v) is 6.58. The number of nitrogens with zero attached hydrogens (tertiary/aromatic N) is 1. The molecule has 2 aromatic carbocycles. The van der Waals surface area contributed by atoms with Gasteiger partial charge >= 0.3 is 0 Å². The van der Waals surface area contributed by atoms with Gasteiger partial charge < -0.3 is 10.6 Å². The van der Waals surface area contributed by atoms with Crippen LogP contribution in [0.5, 0.6) is 0 Å². The third-order valence-electron chi connectivity index (χ3n) is 3.40. The van der Waals surface area contributed by atoms with Crippen molar-refractivity contribution in [2.45, 2.75) is 13.1 Å². The zero-order valence-corrected chi connectivity index (χ0v) is 13.7. The van der Waals surface area contributed by atoms with Gasteiger partial charge in [0.2, 0.25) is 0 Å². The molecule has 0 radical (unpaired) electrons. The first-order valence-electron chi connectivity index (χ1n) is 6.16. The first kappa shape index (κ1) is 13.6. The Morgan fingerprint density at radius 2 is 1.80 bits per heavy atom. The normalized spacial score (nSPS) is 13.4. The predicted molar refractivity (Wildman–Crippen MR) is 86.3 cm³/mol. The molecule has 0 bridgehead atoms. The molecule has 3 nitrogen and oxygen atoms in total. The first-order valence-corrected chi connectivity index (χ1v) is 7.75. The molecule has 0 saturated carbocycles. The monoisotopic (exact) mass is 394 g/mol. The number of carbonyl (C=O) groups excluding carboxylic acids is 1. The van der Waals surface area contributed by atoms with Gasteiger partial charge in [0.1, 0.15) is 0 Å². The lowest BCUT2D eigenvalue weighted by atomic mass is 10.1. The SMILES string of the molecule is Nc1ccc2c(c1)CN(C(=O)c1cc(Br)ccc1Br)C2. The van der Waals surface area contributed by atoms with Crippen LogP contribution in [0.3, 0.4) is 0 Å². The van der Waals surface area contributed by atoms with Crippen LogP contribution in [0.15, 0.2) is 45.3 Å². The fraction of sp³-hybridized carbons (Fsp3) is 0.133. The maximum Gasteiger partial charge on any atom is 0.255 e. The van der Waals surface area contributed by atoms with Gasteiger partial charge in [-0.2, -0.15) is 0 Å². The number of carbonyl (C=O) groups is 1. The van der Waals surface area contributed by atoms with E-state index < -0.39 is 0 Å². The van der Waals surface area contributed by atoms with Crippen molar-refractivity contribution in [3.8, 4) is 0 Å². The molecule has 1 amide bonds. The molecule has 0 aliphatic carbocycles. The van der Waals surface area contributed by atoms with E-state index in [4.69, 9.17) is 5.73 Å². The molecule has 0 spiro atoms. The summed E-state index contributed by atoms with van der Waals surface area (Å²) in [6, 6.07) is 11.4. The average molecular weight is 396 g/mol. The summed E-state index contributed by atoms with van der Waals surface area (Å²) in [5.74, 6) is 0.0212. The van der Waals surface area contributed by atoms with E-state index in [-0.39, 0.29) is 5.91 Å². The summed E-state index contributed by atoms with van der Waals surface area (Å²) in [5.41, 5.74) is 9.49. The highest BCUT2D eigenvalue weighted by Gasteiger charge is 2.25. The molecule has 1 heterocycles. The summed E-state index contributed by atoms with van der Waals surface area (Å²) in [6.07, 6.45) is 0. The summed E-state index contributed by atoms with van der Waals surface area (Å²) in [7, 11) is 0. The van der Waals surface area contributed by atoms with Gasteiger partial charge in [0.05, 0.1) is 5.56 Å². The van der Waals surface area contributed by atoms with Gasteiger partial charge in [-0.05, 0) is 57.4 Å². The van der Waals surface area contributed by atoms with Gasteiger partial charge in [0.15, 0.2) is 0 Å². The van der Waals surface area contributed by atoms with Gasteiger partial charge in [0.25, 0.3) is 5.91 Å². The largest absolute Gasteiger partial charge is 0.399 e. The van der Waals surface area contributed by atoms with E-state index in [1.54, 1.807) is 0 Å². The minimum absolute atomic E-state index is 0.0212. The molecule has 20 heavy (non-hydrogen) atoms. The average Bonchev–Trinajstić information content (AvgIpc) is 2.83. The molecule has 0 unspecified atom stereocenters. The molecular formula is C15H12Br2N2O. The number of amides is 1. The molecule has 0 fully saturated rings. The van der Waals surface area contributed by atoms with Crippen molar-refractivity contribution in [1.29, 1.82) is 0 Å². The second-order valence-electron chi connectivity index (χ2n) is 4.81. The van der Waals surface area contributed by atoms with Crippen LogP contribution in [-0.4, -0.2) is 10.8 Å². The van der Waals surface area contributed by atoms with Crippen molar-refractivity contribution in [1.82, 2.24) is 4.90 Å². The van der Waals surface area contributed by atoms with E-state index in [1.165, 1.54) is 5.56 Å². The third-order valence-corrected chi connectivity index (χ3v) is 4.58. The van der Waals surface area contributed by atoms with Crippen molar-refractivity contribution < 1.29 is 4.79 Å². The van der Waals surface area contributed by atoms with Crippen LogP contribution in [0.4, 0.5) is 5.69 Å². The Labute approximate surface area is 134 Å². The topological polar surface area (TPSA) is 46.3 Å². The molecule has 1 aliphatic heterocycles. The van der Waals surface area contributed by atoms with Crippen LogP contribution in [0.2, 0.25) is 0 Å². The maximum atomic E-state index is 12.6. The number of fused-ring (bicyclic) bond motifs is 1. The van der Waals surface area contributed by atoms with Crippen molar-refractivity contribution in [3.63, 3.8) is 0 Å². The van der Waals surface area contributed by atoms with E-state index in [1.807, 2.05) is 41.3 Å². The highest BCUT2D eigenvalue weighted by Crippen LogP contribution is 2.29. The summed E-state index contributed by atoms with van der Waals surface area (Å²) in [5, 5.41) is 0. The van der Waals surface area contributed by atoms with Gasteiger partial charge in [-0.1, -0.05) is 22.0 Å². The summed E-state index contributed by atoms with van der Waals surface area (Å²) in [4.78, 5) is 14.4. The molecule has 5 heteroatoms. The molecule has 102 valence electrons. The number of hydrogen-bond donors (Lipinski definition) is 1. The van der Waals surface area contributed by atoms with Gasteiger partial charge in [-0.15, -0.1) is 0 Å². The number of nitrogens with two attached hydrogens (primary N) is 1. The Bertz CT molecular complexity index is 700. The molecule has 0 saturated heterocycles. The van der Waals surface area contributed by atoms with Crippen LogP contribution in [0, 0.1) is 0 Å². The van der Waals surface area contributed by atoms with Crippen LogP contribution in [0.1, 0.15) is 21.5 Å². The molecular weight excluding hydrogens is 384 g/mol.